The molecule has 4 rings (SSSR count). The summed E-state index contributed by atoms with van der Waals surface area (Å²) < 4.78 is 1.67. The Hall–Kier alpha value is -3.20. The van der Waals surface area contributed by atoms with Crippen LogP contribution in [0.3, 0.4) is 0 Å². The van der Waals surface area contributed by atoms with Gasteiger partial charge in [0.15, 0.2) is 5.69 Å². The fraction of sp³-hybridized carbons (Fsp3) is 0.308. The predicted octanol–water partition coefficient (Wildman–Crippen LogP) is 5.57. The lowest BCUT2D eigenvalue weighted by atomic mass is 10.0. The highest BCUT2D eigenvalue weighted by atomic mass is 35.5. The Morgan fingerprint density at radius 1 is 1.03 bits per heavy atom. The van der Waals surface area contributed by atoms with E-state index in [4.69, 9.17) is 28.0 Å². The number of rotatable bonds is 6. The highest BCUT2D eigenvalue weighted by Gasteiger charge is 2.25. The summed E-state index contributed by atoms with van der Waals surface area (Å²) in [4.78, 5) is 29.0. The number of carbonyl (C=O) groups is 2. The third-order valence-electron chi connectivity index (χ3n) is 5.98. The molecule has 2 aromatic carbocycles. The van der Waals surface area contributed by atoms with E-state index in [0.29, 0.717) is 32.7 Å². The minimum atomic E-state index is -0.485. The summed E-state index contributed by atoms with van der Waals surface area (Å²) in [5.74, 6) is -0.749. The van der Waals surface area contributed by atoms with Crippen LogP contribution in [0.2, 0.25) is 10.0 Å². The molecule has 0 spiro atoms. The van der Waals surface area contributed by atoms with E-state index in [1.165, 1.54) is 13.3 Å². The van der Waals surface area contributed by atoms with Crippen LogP contribution in [-0.4, -0.2) is 45.5 Å². The zero-order valence-corrected chi connectivity index (χ0v) is 21.9. The molecular formula is C26H27Cl2N5O3. The number of hydrogen-bond acceptors (Lipinski definition) is 6. The molecule has 188 valence electrons. The Labute approximate surface area is 219 Å². The molecule has 1 fully saturated rings. The number of hydrogen-bond donors (Lipinski definition) is 1. The Morgan fingerprint density at radius 3 is 2.36 bits per heavy atom. The second-order valence-corrected chi connectivity index (χ2v) is 9.50. The molecule has 8 nitrogen and oxygen atoms in total. The molecule has 1 aliphatic heterocycles. The zero-order valence-electron chi connectivity index (χ0n) is 20.3. The summed E-state index contributed by atoms with van der Waals surface area (Å²) >= 11 is 12.7. The van der Waals surface area contributed by atoms with Crippen molar-refractivity contribution in [1.82, 2.24) is 20.2 Å². The molecule has 1 saturated heterocycles. The number of amides is 1. The molecule has 1 aromatic heterocycles. The lowest BCUT2D eigenvalue weighted by Gasteiger charge is -2.26. The minimum Gasteiger partial charge on any atom is -0.318 e. The van der Waals surface area contributed by atoms with Crippen LogP contribution in [0.15, 0.2) is 47.6 Å². The van der Waals surface area contributed by atoms with Crippen molar-refractivity contribution in [2.75, 3.05) is 13.1 Å². The van der Waals surface area contributed by atoms with Gasteiger partial charge in [-0.15, -0.1) is 0 Å². The van der Waals surface area contributed by atoms with Gasteiger partial charge in [0, 0.05) is 36.2 Å². The van der Waals surface area contributed by atoms with E-state index in [0.717, 1.165) is 42.8 Å². The van der Waals surface area contributed by atoms with E-state index in [9.17, 15) is 9.59 Å². The van der Waals surface area contributed by atoms with Crippen LogP contribution in [0.1, 0.15) is 54.7 Å². The third-order valence-corrected chi connectivity index (χ3v) is 6.52. The summed E-state index contributed by atoms with van der Waals surface area (Å²) in [6, 6.07) is 12.7. The lowest BCUT2D eigenvalue weighted by molar-refractivity contribution is -0.140. The number of oxime groups is 1. The van der Waals surface area contributed by atoms with Gasteiger partial charge in [-0.3, -0.25) is 10.2 Å². The number of nitrogens with zero attached hydrogens (tertiary/aromatic N) is 4. The molecule has 0 unspecified atom stereocenters. The van der Waals surface area contributed by atoms with Gasteiger partial charge in [0.25, 0.3) is 5.91 Å². The first-order valence-electron chi connectivity index (χ1n) is 11.7. The average Bonchev–Trinajstić information content (AvgIpc) is 3.20. The van der Waals surface area contributed by atoms with Gasteiger partial charge >= 0.3 is 5.97 Å². The zero-order chi connectivity index (χ0) is 25.8. The maximum atomic E-state index is 13.2. The van der Waals surface area contributed by atoms with Gasteiger partial charge in [0.1, 0.15) is 0 Å². The van der Waals surface area contributed by atoms with Crippen molar-refractivity contribution in [3.63, 3.8) is 0 Å². The molecule has 0 saturated carbocycles. The van der Waals surface area contributed by atoms with Crippen LogP contribution in [0.4, 0.5) is 0 Å². The van der Waals surface area contributed by atoms with Crippen LogP contribution < -0.4 is 5.43 Å². The quantitative estimate of drug-likeness (QED) is 0.257. The molecular weight excluding hydrogens is 501 g/mol. The monoisotopic (exact) mass is 527 g/mol. The predicted molar refractivity (Wildman–Crippen MR) is 141 cm³/mol. The molecule has 3 aromatic rings. The lowest BCUT2D eigenvalue weighted by Crippen LogP contribution is -2.45. The van der Waals surface area contributed by atoms with Crippen LogP contribution in [-0.2, 0) is 9.63 Å². The van der Waals surface area contributed by atoms with E-state index < -0.39 is 5.97 Å². The smallest absolute Gasteiger partial charge is 0.318 e. The SMILES string of the molecule is CC(=O)O/N=C(\C)c1ccc(-c2c(C)c(C(=O)NN3CCCCC3)nn2-c2ccc(Cl)cc2Cl)cc1. The summed E-state index contributed by atoms with van der Waals surface area (Å²) in [6.45, 7) is 6.55. The highest BCUT2D eigenvalue weighted by Crippen LogP contribution is 2.33. The average molecular weight is 528 g/mol. The maximum absolute atomic E-state index is 13.2. The fourth-order valence-electron chi connectivity index (χ4n) is 4.13. The number of hydrazine groups is 1. The minimum absolute atomic E-state index is 0.263. The van der Waals surface area contributed by atoms with Gasteiger partial charge in [-0.2, -0.15) is 5.10 Å². The molecule has 0 bridgehead atoms. The van der Waals surface area contributed by atoms with Crippen LogP contribution in [0.5, 0.6) is 0 Å². The molecule has 0 atom stereocenters. The van der Waals surface area contributed by atoms with Gasteiger partial charge < -0.3 is 4.84 Å². The Kier molecular flexibility index (Phi) is 8.08. The summed E-state index contributed by atoms with van der Waals surface area (Å²) in [7, 11) is 0. The molecule has 10 heteroatoms. The summed E-state index contributed by atoms with van der Waals surface area (Å²) in [6.07, 6.45) is 3.26. The number of benzene rings is 2. The molecule has 1 aliphatic rings. The normalized spacial score (nSPS) is 14.5. The Balaban J connectivity index is 1.75. The van der Waals surface area contributed by atoms with Gasteiger partial charge in [0.05, 0.1) is 22.1 Å². The number of carbonyl (C=O) groups excluding carboxylic acids is 2. The van der Waals surface area contributed by atoms with Gasteiger partial charge in [-0.05, 0) is 50.5 Å². The van der Waals surface area contributed by atoms with Crippen LogP contribution >= 0.6 is 23.2 Å². The second kappa shape index (κ2) is 11.2. The fourth-order valence-corrected chi connectivity index (χ4v) is 4.62. The van der Waals surface area contributed by atoms with E-state index >= 15 is 0 Å². The van der Waals surface area contributed by atoms with Crippen molar-refractivity contribution >= 4 is 40.8 Å². The van der Waals surface area contributed by atoms with E-state index in [1.807, 2.05) is 36.2 Å². The van der Waals surface area contributed by atoms with Gasteiger partial charge in [0.2, 0.25) is 0 Å². The first-order chi connectivity index (χ1) is 17.2. The molecule has 36 heavy (non-hydrogen) atoms. The first-order valence-corrected chi connectivity index (χ1v) is 12.4. The molecule has 2 heterocycles. The number of halogens is 2. The second-order valence-electron chi connectivity index (χ2n) is 8.66. The molecule has 1 amide bonds. The van der Waals surface area contributed by atoms with Crippen LogP contribution in [0.25, 0.3) is 16.9 Å². The topological polar surface area (TPSA) is 88.8 Å². The van der Waals surface area contributed by atoms with Gasteiger partial charge in [-0.25, -0.2) is 14.5 Å². The molecule has 0 radical (unpaired) electrons. The van der Waals surface area contributed by atoms with Crippen molar-refractivity contribution in [2.24, 2.45) is 5.16 Å². The van der Waals surface area contributed by atoms with E-state index in [-0.39, 0.29) is 5.91 Å². The van der Waals surface area contributed by atoms with Crippen molar-refractivity contribution in [2.45, 2.75) is 40.0 Å². The van der Waals surface area contributed by atoms with E-state index in [2.05, 4.69) is 15.7 Å². The largest absolute Gasteiger partial charge is 0.331 e. The summed E-state index contributed by atoms with van der Waals surface area (Å²) in [5, 5.41) is 11.4. The number of piperidine rings is 1. The number of nitrogens with one attached hydrogen (secondary N) is 1. The first kappa shape index (κ1) is 25.9. The summed E-state index contributed by atoms with van der Waals surface area (Å²) in [5.41, 5.74) is 7.54. The highest BCUT2D eigenvalue weighted by molar-refractivity contribution is 6.35. The third kappa shape index (κ3) is 5.78. The van der Waals surface area contributed by atoms with Crippen molar-refractivity contribution in [1.29, 1.82) is 0 Å². The maximum Gasteiger partial charge on any atom is 0.331 e. The van der Waals surface area contributed by atoms with Crippen molar-refractivity contribution in [3.05, 3.63) is 69.3 Å². The van der Waals surface area contributed by atoms with Gasteiger partial charge in [-0.1, -0.05) is 59.0 Å². The molecule has 1 N–H and O–H groups in total. The number of aromatic nitrogens is 2. The standard InChI is InChI=1S/C26H27Cl2N5O3/c1-16-24(26(35)30-32-13-5-4-6-14-32)29-33(23-12-11-21(27)15-22(23)28)25(16)20-9-7-19(8-10-20)17(2)31-36-18(3)34/h7-12,15H,4-6,13-14H2,1-3H3,(H,30,35)/b31-17+. The van der Waals surface area contributed by atoms with Crippen molar-refractivity contribution < 1.29 is 14.4 Å². The van der Waals surface area contributed by atoms with Crippen LogP contribution in [0, 0.1) is 6.92 Å². The van der Waals surface area contributed by atoms with Crippen molar-refractivity contribution in [3.8, 4) is 16.9 Å². The van der Waals surface area contributed by atoms with E-state index in [1.54, 1.807) is 29.8 Å². The Morgan fingerprint density at radius 2 is 1.72 bits per heavy atom. The molecule has 0 aliphatic carbocycles. The Bertz CT molecular complexity index is 1310.